The zero-order valence-corrected chi connectivity index (χ0v) is 11.5. The second kappa shape index (κ2) is 5.12. The van der Waals surface area contributed by atoms with Crippen molar-refractivity contribution >= 4 is 11.6 Å². The number of aliphatic hydroxyl groups excluding tert-OH is 1. The van der Waals surface area contributed by atoms with Crippen molar-refractivity contribution < 1.29 is 5.11 Å². The first-order valence-corrected chi connectivity index (χ1v) is 6.35. The van der Waals surface area contributed by atoms with Gasteiger partial charge in [-0.05, 0) is 20.8 Å². The molecule has 2 aromatic heterocycles. The van der Waals surface area contributed by atoms with Crippen molar-refractivity contribution in [2.45, 2.75) is 39.5 Å². The molecule has 0 saturated heterocycles. The average Bonchev–Trinajstić information content (AvgIpc) is 2.94. The predicted octanol–water partition coefficient (Wildman–Crippen LogP) is 2.42. The van der Waals surface area contributed by atoms with Crippen LogP contribution in [0.1, 0.15) is 44.2 Å². The molecule has 1 N–H and O–H groups in total. The van der Waals surface area contributed by atoms with E-state index in [1.54, 1.807) is 21.8 Å². The van der Waals surface area contributed by atoms with E-state index in [4.69, 9.17) is 11.6 Å². The molecule has 1 atom stereocenters. The van der Waals surface area contributed by atoms with E-state index in [9.17, 15) is 5.11 Å². The van der Waals surface area contributed by atoms with Crippen molar-refractivity contribution in [1.29, 1.82) is 0 Å². The van der Waals surface area contributed by atoms with Gasteiger partial charge in [-0.15, -0.1) is 0 Å². The van der Waals surface area contributed by atoms with Crippen LogP contribution in [0.4, 0.5) is 0 Å². The van der Waals surface area contributed by atoms with E-state index in [0.29, 0.717) is 17.3 Å². The van der Waals surface area contributed by atoms with Gasteiger partial charge >= 0.3 is 0 Å². The molecule has 0 aliphatic heterocycles. The van der Waals surface area contributed by atoms with Gasteiger partial charge < -0.3 is 5.11 Å². The summed E-state index contributed by atoms with van der Waals surface area (Å²) in [4.78, 5) is 0. The lowest BCUT2D eigenvalue weighted by Gasteiger charge is -2.11. The van der Waals surface area contributed by atoms with Crippen molar-refractivity contribution in [2.75, 3.05) is 0 Å². The molecule has 2 rings (SSSR count). The summed E-state index contributed by atoms with van der Waals surface area (Å²) in [6.45, 7) is 6.69. The molecule has 0 aliphatic carbocycles. The minimum atomic E-state index is -0.799. The van der Waals surface area contributed by atoms with Crippen molar-refractivity contribution in [2.24, 2.45) is 0 Å². The zero-order valence-electron chi connectivity index (χ0n) is 10.7. The van der Waals surface area contributed by atoms with E-state index in [1.807, 2.05) is 27.0 Å². The van der Waals surface area contributed by atoms with Crippen molar-refractivity contribution in [3.05, 3.63) is 34.9 Å². The Labute approximate surface area is 111 Å². The van der Waals surface area contributed by atoms with Crippen LogP contribution in [0.15, 0.2) is 18.6 Å². The molecule has 0 fully saturated rings. The van der Waals surface area contributed by atoms with E-state index in [1.165, 1.54) is 0 Å². The molecular formula is C12H17ClN4O. The summed E-state index contributed by atoms with van der Waals surface area (Å²) < 4.78 is 3.50. The lowest BCUT2D eigenvalue weighted by atomic mass is 10.1. The van der Waals surface area contributed by atoms with Gasteiger partial charge in [0.15, 0.2) is 0 Å². The fraction of sp³-hybridized carbons (Fsp3) is 0.500. The van der Waals surface area contributed by atoms with E-state index >= 15 is 0 Å². The van der Waals surface area contributed by atoms with Crippen LogP contribution in [0, 0.1) is 0 Å². The van der Waals surface area contributed by atoms with Crippen molar-refractivity contribution in [3.8, 4) is 0 Å². The number of hydrogen-bond donors (Lipinski definition) is 1. The molecule has 0 radical (unpaired) electrons. The summed E-state index contributed by atoms with van der Waals surface area (Å²) in [5.41, 5.74) is 1.34. The maximum absolute atomic E-state index is 10.4. The van der Waals surface area contributed by atoms with Gasteiger partial charge in [0.2, 0.25) is 0 Å². The third-order valence-corrected chi connectivity index (χ3v) is 3.15. The van der Waals surface area contributed by atoms with Crippen LogP contribution < -0.4 is 0 Å². The minimum absolute atomic E-state index is 0.262. The van der Waals surface area contributed by atoms with Gasteiger partial charge in [0.05, 0.1) is 23.1 Å². The third kappa shape index (κ3) is 2.28. The predicted molar refractivity (Wildman–Crippen MR) is 69.6 cm³/mol. The number of hydrogen-bond acceptors (Lipinski definition) is 3. The topological polar surface area (TPSA) is 55.9 Å². The van der Waals surface area contributed by atoms with Gasteiger partial charge in [-0.2, -0.15) is 10.2 Å². The number of rotatable bonds is 4. The molecule has 0 spiro atoms. The molecule has 18 heavy (non-hydrogen) atoms. The molecular weight excluding hydrogens is 252 g/mol. The number of halogens is 1. The number of aromatic nitrogens is 4. The molecule has 98 valence electrons. The van der Waals surface area contributed by atoms with Crippen molar-refractivity contribution in [3.63, 3.8) is 0 Å². The summed E-state index contributed by atoms with van der Waals surface area (Å²) in [5.74, 6) is 0. The molecule has 1 unspecified atom stereocenters. The van der Waals surface area contributed by atoms with Gasteiger partial charge in [0.25, 0.3) is 0 Å². The van der Waals surface area contributed by atoms with Gasteiger partial charge in [0, 0.05) is 24.3 Å². The molecule has 0 aliphatic rings. The number of nitrogens with zero attached hydrogens (tertiary/aromatic N) is 4. The molecule has 0 aromatic carbocycles. The van der Waals surface area contributed by atoms with Gasteiger partial charge in [-0.1, -0.05) is 11.6 Å². The molecule has 0 amide bonds. The molecule has 5 nitrogen and oxygen atoms in total. The maximum Gasteiger partial charge on any atom is 0.125 e. The van der Waals surface area contributed by atoms with Crippen LogP contribution in [0.3, 0.4) is 0 Å². The Morgan fingerprint density at radius 2 is 2.06 bits per heavy atom. The molecule has 0 bridgehead atoms. The van der Waals surface area contributed by atoms with Gasteiger partial charge in [-0.3, -0.25) is 9.36 Å². The quantitative estimate of drug-likeness (QED) is 0.926. The summed E-state index contributed by atoms with van der Waals surface area (Å²) in [5, 5.41) is 19.2. The van der Waals surface area contributed by atoms with Gasteiger partial charge in [-0.25, -0.2) is 0 Å². The van der Waals surface area contributed by atoms with Crippen LogP contribution in [0.2, 0.25) is 5.02 Å². The standard InChI is InChI=1S/C12H17ClN4O/c1-4-16-11(10(13)6-15-16)12(18)9-5-14-17(7-9)8(2)3/h5-8,12,18H,4H2,1-3H3. The Bertz CT molecular complexity index is 532. The Morgan fingerprint density at radius 3 is 2.61 bits per heavy atom. The van der Waals surface area contributed by atoms with Crippen LogP contribution in [0.5, 0.6) is 0 Å². The summed E-state index contributed by atoms with van der Waals surface area (Å²) in [6, 6.07) is 0.262. The first kappa shape index (κ1) is 13.1. The monoisotopic (exact) mass is 268 g/mol. The average molecular weight is 269 g/mol. The van der Waals surface area contributed by atoms with Crippen LogP contribution in [-0.2, 0) is 6.54 Å². The molecule has 2 aromatic rings. The number of aryl methyl sites for hydroxylation is 1. The van der Waals surface area contributed by atoms with Crippen LogP contribution >= 0.6 is 11.6 Å². The van der Waals surface area contributed by atoms with Gasteiger partial charge in [0.1, 0.15) is 6.10 Å². The van der Waals surface area contributed by atoms with Crippen molar-refractivity contribution in [1.82, 2.24) is 19.6 Å². The van der Waals surface area contributed by atoms with Crippen LogP contribution in [0.25, 0.3) is 0 Å². The normalized spacial score (nSPS) is 13.2. The second-order valence-corrected chi connectivity index (χ2v) is 4.85. The first-order valence-electron chi connectivity index (χ1n) is 5.97. The molecule has 2 heterocycles. The Balaban J connectivity index is 2.34. The first-order chi connectivity index (χ1) is 8.54. The van der Waals surface area contributed by atoms with E-state index in [-0.39, 0.29) is 6.04 Å². The fourth-order valence-corrected chi connectivity index (χ4v) is 2.07. The Kier molecular flexibility index (Phi) is 3.73. The maximum atomic E-state index is 10.4. The highest BCUT2D eigenvalue weighted by atomic mass is 35.5. The smallest absolute Gasteiger partial charge is 0.125 e. The lowest BCUT2D eigenvalue weighted by molar-refractivity contribution is 0.208. The second-order valence-electron chi connectivity index (χ2n) is 4.44. The highest BCUT2D eigenvalue weighted by Crippen LogP contribution is 2.28. The Hall–Kier alpha value is -1.33. The van der Waals surface area contributed by atoms with Crippen LogP contribution in [-0.4, -0.2) is 24.7 Å². The summed E-state index contributed by atoms with van der Waals surface area (Å²) in [7, 11) is 0. The van der Waals surface area contributed by atoms with E-state index < -0.39 is 6.10 Å². The number of aliphatic hydroxyl groups is 1. The lowest BCUT2D eigenvalue weighted by Crippen LogP contribution is -2.09. The summed E-state index contributed by atoms with van der Waals surface area (Å²) in [6.07, 6.45) is 4.25. The highest BCUT2D eigenvalue weighted by Gasteiger charge is 2.21. The largest absolute Gasteiger partial charge is 0.382 e. The Morgan fingerprint density at radius 1 is 1.33 bits per heavy atom. The fourth-order valence-electron chi connectivity index (χ4n) is 1.83. The minimum Gasteiger partial charge on any atom is -0.382 e. The molecule has 6 heteroatoms. The highest BCUT2D eigenvalue weighted by molar-refractivity contribution is 6.31. The SMILES string of the molecule is CCn1ncc(Cl)c1C(O)c1cnn(C(C)C)c1. The van der Waals surface area contributed by atoms with E-state index in [0.717, 1.165) is 5.56 Å². The third-order valence-electron chi connectivity index (χ3n) is 2.86. The zero-order chi connectivity index (χ0) is 13.3. The van der Waals surface area contributed by atoms with E-state index in [2.05, 4.69) is 10.2 Å². The summed E-state index contributed by atoms with van der Waals surface area (Å²) >= 11 is 6.07. The molecule has 0 saturated carbocycles.